The maximum Gasteiger partial charge on any atom is 0.254 e. The van der Waals surface area contributed by atoms with Crippen molar-refractivity contribution in [3.8, 4) is 0 Å². The summed E-state index contributed by atoms with van der Waals surface area (Å²) in [5, 5.41) is 0. The third-order valence-corrected chi connectivity index (χ3v) is 8.75. The molecule has 0 unspecified atom stereocenters. The second kappa shape index (κ2) is 4.39. The van der Waals surface area contributed by atoms with Crippen LogP contribution in [0.5, 0.6) is 0 Å². The van der Waals surface area contributed by atoms with Gasteiger partial charge in [0.1, 0.15) is 0 Å². The Kier molecular flexibility index (Phi) is 4.43. The van der Waals surface area contributed by atoms with Crippen LogP contribution in [0.15, 0.2) is 0 Å². The highest BCUT2D eigenvalue weighted by atomic mass is 32.2. The van der Waals surface area contributed by atoms with Crippen LogP contribution in [0.25, 0.3) is 0 Å². The lowest BCUT2D eigenvalue weighted by atomic mass is 10.9. The van der Waals surface area contributed by atoms with E-state index in [-0.39, 0.29) is 0 Å². The number of hydrogen-bond donors (Lipinski definition) is 0. The van der Waals surface area contributed by atoms with Gasteiger partial charge in [0.2, 0.25) is 8.32 Å². The maximum absolute atomic E-state index is 10.9. The summed E-state index contributed by atoms with van der Waals surface area (Å²) in [6.07, 6.45) is 1.13. The SMILES string of the molecule is CC[Si](CC)(CC)OS(C)(=O)=O. The van der Waals surface area contributed by atoms with E-state index in [1.807, 2.05) is 20.8 Å². The van der Waals surface area contributed by atoms with Crippen molar-refractivity contribution in [3.05, 3.63) is 0 Å². The molecular formula is C7H18O3SSi. The van der Waals surface area contributed by atoms with E-state index in [1.165, 1.54) is 0 Å². The molecule has 12 heavy (non-hydrogen) atoms. The smallest absolute Gasteiger partial charge is 0.254 e. The van der Waals surface area contributed by atoms with Crippen LogP contribution in [0.4, 0.5) is 0 Å². The van der Waals surface area contributed by atoms with E-state index in [1.54, 1.807) is 0 Å². The lowest BCUT2D eigenvalue weighted by Crippen LogP contribution is -2.37. The minimum absolute atomic E-state index is 0.868. The second-order valence-corrected chi connectivity index (χ2v) is 9.59. The lowest BCUT2D eigenvalue weighted by molar-refractivity contribution is 0.481. The summed E-state index contributed by atoms with van der Waals surface area (Å²) >= 11 is 0. The van der Waals surface area contributed by atoms with E-state index < -0.39 is 18.4 Å². The van der Waals surface area contributed by atoms with Gasteiger partial charge in [-0.1, -0.05) is 20.8 Å². The zero-order chi connectivity index (χ0) is 9.83. The van der Waals surface area contributed by atoms with Crippen LogP contribution in [0.2, 0.25) is 18.1 Å². The molecule has 0 aromatic heterocycles. The minimum Gasteiger partial charge on any atom is -0.315 e. The molecule has 0 aromatic carbocycles. The predicted octanol–water partition coefficient (Wildman–Crippen LogP) is 1.97. The first-order valence-corrected chi connectivity index (χ1v) is 8.64. The Morgan fingerprint density at radius 3 is 1.50 bits per heavy atom. The van der Waals surface area contributed by atoms with Gasteiger partial charge >= 0.3 is 0 Å². The maximum atomic E-state index is 10.9. The van der Waals surface area contributed by atoms with E-state index in [2.05, 4.69) is 0 Å². The van der Waals surface area contributed by atoms with Gasteiger partial charge in [0, 0.05) is 0 Å². The van der Waals surface area contributed by atoms with Crippen molar-refractivity contribution in [3.63, 3.8) is 0 Å². The van der Waals surface area contributed by atoms with Crippen molar-refractivity contribution in [2.75, 3.05) is 6.26 Å². The van der Waals surface area contributed by atoms with E-state index in [4.69, 9.17) is 3.87 Å². The summed E-state index contributed by atoms with van der Waals surface area (Å²) in [6.45, 7) is 6.01. The van der Waals surface area contributed by atoms with Gasteiger partial charge in [0.05, 0.1) is 6.26 Å². The average molecular weight is 210 g/mol. The highest BCUT2D eigenvalue weighted by Crippen LogP contribution is 2.23. The summed E-state index contributed by atoms with van der Waals surface area (Å²) in [7, 11) is -5.20. The molecule has 5 heteroatoms. The monoisotopic (exact) mass is 210 g/mol. The molecule has 0 N–H and O–H groups in total. The van der Waals surface area contributed by atoms with Gasteiger partial charge < -0.3 is 3.87 Å². The molecule has 0 aliphatic rings. The van der Waals surface area contributed by atoms with Crippen LogP contribution in [-0.4, -0.2) is 23.0 Å². The molecule has 0 saturated carbocycles. The van der Waals surface area contributed by atoms with Crippen LogP contribution >= 0.6 is 0 Å². The molecule has 0 aliphatic heterocycles. The zero-order valence-electron chi connectivity index (χ0n) is 8.25. The number of rotatable bonds is 5. The molecule has 74 valence electrons. The molecule has 0 atom stereocenters. The summed E-state index contributed by atoms with van der Waals surface area (Å²) in [5.74, 6) is 0. The van der Waals surface area contributed by atoms with E-state index in [0.29, 0.717) is 0 Å². The topological polar surface area (TPSA) is 43.4 Å². The van der Waals surface area contributed by atoms with E-state index in [0.717, 1.165) is 24.4 Å². The first-order valence-electron chi connectivity index (χ1n) is 4.29. The van der Waals surface area contributed by atoms with Crippen molar-refractivity contribution < 1.29 is 12.3 Å². The second-order valence-electron chi connectivity index (χ2n) is 3.03. The highest BCUT2D eigenvalue weighted by Gasteiger charge is 2.32. The summed E-state index contributed by atoms with van der Waals surface area (Å²) < 4.78 is 27.1. The normalized spacial score (nSPS) is 13.3. The zero-order valence-corrected chi connectivity index (χ0v) is 10.1. The molecule has 0 rings (SSSR count). The van der Waals surface area contributed by atoms with Gasteiger partial charge in [-0.3, -0.25) is 0 Å². The molecule has 0 aliphatic carbocycles. The molecule has 0 aromatic rings. The Labute approximate surface area is 76.4 Å². The molecule has 0 bridgehead atoms. The van der Waals surface area contributed by atoms with Gasteiger partial charge in [-0.05, 0) is 18.1 Å². The highest BCUT2D eigenvalue weighted by molar-refractivity contribution is 7.87. The lowest BCUT2D eigenvalue weighted by Gasteiger charge is -2.25. The van der Waals surface area contributed by atoms with Gasteiger partial charge in [0.25, 0.3) is 10.1 Å². The van der Waals surface area contributed by atoms with Crippen molar-refractivity contribution >= 4 is 18.4 Å². The van der Waals surface area contributed by atoms with Crippen LogP contribution in [0.3, 0.4) is 0 Å². The first kappa shape index (κ1) is 12.1. The fourth-order valence-corrected chi connectivity index (χ4v) is 6.73. The van der Waals surface area contributed by atoms with Crippen molar-refractivity contribution in [2.24, 2.45) is 0 Å². The fraction of sp³-hybridized carbons (Fsp3) is 1.00. The van der Waals surface area contributed by atoms with E-state index in [9.17, 15) is 8.42 Å². The van der Waals surface area contributed by atoms with Gasteiger partial charge in [-0.15, -0.1) is 0 Å². The van der Waals surface area contributed by atoms with Gasteiger partial charge in [-0.25, -0.2) is 8.42 Å². The Hall–Kier alpha value is 0.127. The molecule has 0 heterocycles. The summed E-state index contributed by atoms with van der Waals surface area (Å²) in [5.41, 5.74) is 0. The predicted molar refractivity (Wildman–Crippen MR) is 53.1 cm³/mol. The minimum atomic E-state index is -3.26. The van der Waals surface area contributed by atoms with Crippen molar-refractivity contribution in [2.45, 2.75) is 38.9 Å². The van der Waals surface area contributed by atoms with Gasteiger partial charge in [0.15, 0.2) is 0 Å². The largest absolute Gasteiger partial charge is 0.315 e. The van der Waals surface area contributed by atoms with Crippen LogP contribution in [0, 0.1) is 0 Å². The molecule has 0 spiro atoms. The molecule has 0 amide bonds. The third kappa shape index (κ3) is 3.69. The molecule has 3 nitrogen and oxygen atoms in total. The van der Waals surface area contributed by atoms with Crippen molar-refractivity contribution in [1.29, 1.82) is 0 Å². The molecule has 0 fully saturated rings. The Bertz CT molecular complexity index is 211. The molecular weight excluding hydrogens is 192 g/mol. The van der Waals surface area contributed by atoms with Crippen LogP contribution < -0.4 is 0 Å². The number of hydrogen-bond acceptors (Lipinski definition) is 3. The van der Waals surface area contributed by atoms with E-state index >= 15 is 0 Å². The standard InChI is InChI=1S/C7H18O3SSi/c1-5-12(6-2,7-3)10-11(4,8)9/h5-7H2,1-4H3. The van der Waals surface area contributed by atoms with Crippen molar-refractivity contribution in [1.82, 2.24) is 0 Å². The fourth-order valence-electron chi connectivity index (χ4n) is 1.25. The average Bonchev–Trinajstić information content (AvgIpc) is 1.99. The molecule has 0 radical (unpaired) electrons. The third-order valence-electron chi connectivity index (χ3n) is 2.26. The Morgan fingerprint density at radius 2 is 1.42 bits per heavy atom. The Balaban J connectivity index is 4.52. The summed E-state index contributed by atoms with van der Waals surface area (Å²) in [6, 6.07) is 2.60. The summed E-state index contributed by atoms with van der Waals surface area (Å²) in [4.78, 5) is 0. The molecule has 0 saturated heterocycles. The van der Waals surface area contributed by atoms with Crippen LogP contribution in [-0.2, 0) is 14.0 Å². The Morgan fingerprint density at radius 1 is 1.08 bits per heavy atom. The first-order chi connectivity index (χ1) is 5.39. The van der Waals surface area contributed by atoms with Crippen LogP contribution in [0.1, 0.15) is 20.8 Å². The quantitative estimate of drug-likeness (QED) is 0.652. The van der Waals surface area contributed by atoms with Gasteiger partial charge in [-0.2, -0.15) is 0 Å².